The second kappa shape index (κ2) is 6.81. The van der Waals surface area contributed by atoms with Gasteiger partial charge in [-0.2, -0.15) is 0 Å². The first-order valence-electron chi connectivity index (χ1n) is 7.60. The van der Waals surface area contributed by atoms with Gasteiger partial charge in [-0.25, -0.2) is 17.5 Å². The molecule has 3 nitrogen and oxygen atoms in total. The number of benzene rings is 2. The quantitative estimate of drug-likeness (QED) is 0.891. The average molecular weight is 335 g/mol. The summed E-state index contributed by atoms with van der Waals surface area (Å²) in [6, 6.07) is 9.48. The van der Waals surface area contributed by atoms with Crippen LogP contribution in [0.2, 0.25) is 0 Å². The van der Waals surface area contributed by atoms with E-state index in [0.717, 1.165) is 16.7 Å². The van der Waals surface area contributed by atoms with Crippen molar-refractivity contribution in [2.45, 2.75) is 45.1 Å². The summed E-state index contributed by atoms with van der Waals surface area (Å²) in [5.74, 6) is -0.412. The zero-order valence-corrected chi connectivity index (χ0v) is 14.7. The third kappa shape index (κ3) is 3.98. The molecule has 0 spiro atoms. The Kier molecular flexibility index (Phi) is 5.22. The lowest BCUT2D eigenvalue weighted by molar-refractivity contribution is 0.548. The lowest BCUT2D eigenvalue weighted by Crippen LogP contribution is -2.29. The van der Waals surface area contributed by atoms with Gasteiger partial charge in [0.2, 0.25) is 10.0 Å². The molecule has 0 heterocycles. The fourth-order valence-corrected chi connectivity index (χ4v) is 4.01. The smallest absolute Gasteiger partial charge is 0.207 e. The van der Waals surface area contributed by atoms with E-state index in [2.05, 4.69) is 4.72 Å². The predicted octanol–water partition coefficient (Wildman–Crippen LogP) is 4.18. The van der Waals surface area contributed by atoms with Gasteiger partial charge in [0.1, 0.15) is 5.82 Å². The maximum atomic E-state index is 13.4. The van der Waals surface area contributed by atoms with Crippen molar-refractivity contribution in [1.29, 1.82) is 0 Å². The first-order valence-corrected chi connectivity index (χ1v) is 9.08. The van der Waals surface area contributed by atoms with E-state index in [1.165, 1.54) is 18.2 Å². The highest BCUT2D eigenvalue weighted by Crippen LogP contribution is 2.24. The molecular weight excluding hydrogens is 313 g/mol. The second-order valence-corrected chi connectivity index (χ2v) is 7.57. The summed E-state index contributed by atoms with van der Waals surface area (Å²) in [4.78, 5) is 0.0830. The summed E-state index contributed by atoms with van der Waals surface area (Å²) >= 11 is 0. The molecule has 2 aromatic rings. The van der Waals surface area contributed by atoms with Crippen LogP contribution in [-0.4, -0.2) is 8.42 Å². The molecule has 1 N–H and O–H groups in total. The molecule has 0 amide bonds. The minimum absolute atomic E-state index is 0.0830. The van der Waals surface area contributed by atoms with Crippen LogP contribution in [0.4, 0.5) is 4.39 Å². The summed E-state index contributed by atoms with van der Waals surface area (Å²) in [7, 11) is -3.70. The second-order valence-electron chi connectivity index (χ2n) is 5.85. The minimum atomic E-state index is -3.70. The van der Waals surface area contributed by atoms with E-state index >= 15 is 0 Å². The molecule has 1 atom stereocenters. The van der Waals surface area contributed by atoms with Gasteiger partial charge in [-0.3, -0.25) is 0 Å². The Morgan fingerprint density at radius 1 is 1.04 bits per heavy atom. The van der Waals surface area contributed by atoms with Gasteiger partial charge in [-0.05, 0) is 62.1 Å². The van der Waals surface area contributed by atoms with Crippen LogP contribution in [0.5, 0.6) is 0 Å². The molecule has 0 radical (unpaired) electrons. The standard InChI is InChI=1S/C18H22FNO2S/c1-5-18(16-8-6-12(2)10-13(16)3)20-23(21,22)15-7-9-17(19)14(4)11-15/h6-11,18,20H,5H2,1-4H3/t18-/m0/s1. The maximum absolute atomic E-state index is 13.4. The number of aryl methyl sites for hydroxylation is 3. The highest BCUT2D eigenvalue weighted by molar-refractivity contribution is 7.89. The molecule has 124 valence electrons. The number of rotatable bonds is 5. The summed E-state index contributed by atoms with van der Waals surface area (Å²) < 4.78 is 41.3. The van der Waals surface area contributed by atoms with Gasteiger partial charge in [-0.15, -0.1) is 0 Å². The summed E-state index contributed by atoms with van der Waals surface area (Å²) in [6.45, 7) is 7.46. The maximum Gasteiger partial charge on any atom is 0.241 e. The fraction of sp³-hybridized carbons (Fsp3) is 0.333. The number of hydrogen-bond acceptors (Lipinski definition) is 2. The molecule has 23 heavy (non-hydrogen) atoms. The molecule has 0 aromatic heterocycles. The molecule has 0 aliphatic heterocycles. The topological polar surface area (TPSA) is 46.2 Å². The molecule has 5 heteroatoms. The van der Waals surface area contributed by atoms with Gasteiger partial charge < -0.3 is 0 Å². The minimum Gasteiger partial charge on any atom is -0.207 e. The number of halogens is 1. The Morgan fingerprint density at radius 3 is 2.30 bits per heavy atom. The SMILES string of the molecule is CC[C@H](NS(=O)(=O)c1ccc(F)c(C)c1)c1ccc(C)cc1C. The Balaban J connectivity index is 2.35. The van der Waals surface area contributed by atoms with Crippen LogP contribution in [0.25, 0.3) is 0 Å². The van der Waals surface area contributed by atoms with Gasteiger partial charge >= 0.3 is 0 Å². The van der Waals surface area contributed by atoms with E-state index < -0.39 is 15.8 Å². The number of sulfonamides is 1. The van der Waals surface area contributed by atoms with Crippen LogP contribution in [0.15, 0.2) is 41.3 Å². The van der Waals surface area contributed by atoms with Crippen LogP contribution in [0.3, 0.4) is 0 Å². The van der Waals surface area contributed by atoms with Crippen molar-refractivity contribution in [3.63, 3.8) is 0 Å². The largest absolute Gasteiger partial charge is 0.241 e. The van der Waals surface area contributed by atoms with Crippen molar-refractivity contribution in [3.05, 3.63) is 64.5 Å². The first kappa shape index (κ1) is 17.6. The van der Waals surface area contributed by atoms with E-state index in [4.69, 9.17) is 0 Å². The van der Waals surface area contributed by atoms with E-state index in [-0.39, 0.29) is 10.9 Å². The molecule has 0 fully saturated rings. The Hall–Kier alpha value is -1.72. The third-order valence-corrected chi connectivity index (χ3v) is 5.42. The van der Waals surface area contributed by atoms with Gasteiger partial charge in [0.15, 0.2) is 0 Å². The van der Waals surface area contributed by atoms with Crippen LogP contribution >= 0.6 is 0 Å². The van der Waals surface area contributed by atoms with E-state index in [1.807, 2.05) is 39.0 Å². The van der Waals surface area contributed by atoms with Crippen LogP contribution in [0, 0.1) is 26.6 Å². The van der Waals surface area contributed by atoms with Crippen molar-refractivity contribution in [2.75, 3.05) is 0 Å². The van der Waals surface area contributed by atoms with Crippen molar-refractivity contribution in [2.24, 2.45) is 0 Å². The van der Waals surface area contributed by atoms with E-state index in [9.17, 15) is 12.8 Å². The zero-order chi connectivity index (χ0) is 17.2. The molecule has 2 aromatic carbocycles. The monoisotopic (exact) mass is 335 g/mol. The summed E-state index contributed by atoms with van der Waals surface area (Å²) in [5, 5.41) is 0. The lowest BCUT2D eigenvalue weighted by atomic mass is 9.98. The third-order valence-electron chi connectivity index (χ3n) is 3.95. The van der Waals surface area contributed by atoms with E-state index in [0.29, 0.717) is 12.0 Å². The first-order chi connectivity index (χ1) is 10.7. The van der Waals surface area contributed by atoms with Gasteiger partial charge in [0.05, 0.1) is 4.90 Å². The molecule has 0 aliphatic carbocycles. The van der Waals surface area contributed by atoms with Crippen molar-refractivity contribution in [1.82, 2.24) is 4.72 Å². The molecule has 0 aliphatic rings. The Bertz CT molecular complexity index is 816. The van der Waals surface area contributed by atoms with Gasteiger partial charge in [0.25, 0.3) is 0 Å². The molecule has 0 saturated heterocycles. The number of nitrogens with one attached hydrogen (secondary N) is 1. The zero-order valence-electron chi connectivity index (χ0n) is 13.9. The van der Waals surface area contributed by atoms with Gasteiger partial charge in [0, 0.05) is 6.04 Å². The highest BCUT2D eigenvalue weighted by Gasteiger charge is 2.22. The van der Waals surface area contributed by atoms with Crippen LogP contribution in [-0.2, 0) is 10.0 Å². The van der Waals surface area contributed by atoms with Crippen molar-refractivity contribution < 1.29 is 12.8 Å². The predicted molar refractivity (Wildman–Crippen MR) is 90.4 cm³/mol. The van der Waals surface area contributed by atoms with E-state index in [1.54, 1.807) is 6.92 Å². The molecule has 2 rings (SSSR count). The van der Waals surface area contributed by atoms with Gasteiger partial charge in [-0.1, -0.05) is 30.7 Å². The summed E-state index contributed by atoms with van der Waals surface area (Å²) in [5.41, 5.74) is 3.46. The van der Waals surface area contributed by atoms with Crippen molar-refractivity contribution >= 4 is 10.0 Å². The Labute approximate surface area is 137 Å². The number of hydrogen-bond donors (Lipinski definition) is 1. The average Bonchev–Trinajstić information content (AvgIpc) is 2.48. The van der Waals surface area contributed by atoms with Crippen molar-refractivity contribution in [3.8, 4) is 0 Å². The molecular formula is C18H22FNO2S. The normalized spacial score (nSPS) is 13.1. The van der Waals surface area contributed by atoms with Crippen LogP contribution in [0.1, 0.15) is 41.6 Å². The molecule has 0 unspecified atom stereocenters. The Morgan fingerprint density at radius 2 is 1.74 bits per heavy atom. The molecule has 0 saturated carbocycles. The molecule has 0 bridgehead atoms. The summed E-state index contributed by atoms with van der Waals surface area (Å²) in [6.07, 6.45) is 0.628. The highest BCUT2D eigenvalue weighted by atomic mass is 32.2. The lowest BCUT2D eigenvalue weighted by Gasteiger charge is -2.20. The fourth-order valence-electron chi connectivity index (χ4n) is 2.62. The van der Waals surface area contributed by atoms with Crippen LogP contribution < -0.4 is 4.72 Å².